The molecule has 0 saturated heterocycles. The highest BCUT2D eigenvalue weighted by Crippen LogP contribution is 2.69. The van der Waals surface area contributed by atoms with Crippen molar-refractivity contribution < 1.29 is 29.6 Å². The van der Waals surface area contributed by atoms with E-state index >= 15 is 0 Å². The second kappa shape index (κ2) is 6.11. The van der Waals surface area contributed by atoms with Crippen molar-refractivity contribution in [1.29, 1.82) is 0 Å². The second-order valence-electron chi connectivity index (χ2n) is 10.2. The number of aliphatic hydroxyl groups is 3. The quantitative estimate of drug-likeness (QED) is 0.619. The van der Waals surface area contributed by atoms with E-state index in [-0.39, 0.29) is 29.3 Å². The number of allylic oxidation sites excluding steroid dienone is 3. The first-order chi connectivity index (χ1) is 14.1. The highest BCUT2D eigenvalue weighted by molar-refractivity contribution is 6.01. The highest BCUT2D eigenvalue weighted by Gasteiger charge is 2.74. The van der Waals surface area contributed by atoms with Crippen LogP contribution in [0, 0.1) is 28.6 Å². The average molecular weight is 415 g/mol. The zero-order valence-corrected chi connectivity index (χ0v) is 17.5. The molecule has 7 heteroatoms. The lowest BCUT2D eigenvalue weighted by molar-refractivity contribution is -0.150. The van der Waals surface area contributed by atoms with E-state index in [2.05, 4.69) is 4.99 Å². The maximum absolute atomic E-state index is 13.1. The number of hydrogen-bond donors (Lipinski definition) is 3. The predicted molar refractivity (Wildman–Crippen MR) is 108 cm³/mol. The molecule has 0 aromatic carbocycles. The van der Waals surface area contributed by atoms with Crippen molar-refractivity contribution in [1.82, 2.24) is 0 Å². The molecule has 9 atom stereocenters. The minimum absolute atomic E-state index is 0.0118. The van der Waals surface area contributed by atoms with Crippen LogP contribution in [0.1, 0.15) is 40.0 Å². The molecule has 5 unspecified atom stereocenters. The van der Waals surface area contributed by atoms with Crippen LogP contribution in [0.15, 0.2) is 28.8 Å². The van der Waals surface area contributed by atoms with Crippen molar-refractivity contribution in [2.45, 2.75) is 63.9 Å². The van der Waals surface area contributed by atoms with Gasteiger partial charge >= 0.3 is 0 Å². The maximum atomic E-state index is 13.1. The topological polar surface area (TPSA) is 116 Å². The van der Waals surface area contributed by atoms with Crippen molar-refractivity contribution in [3.05, 3.63) is 23.8 Å². The van der Waals surface area contributed by atoms with Crippen LogP contribution in [-0.2, 0) is 14.3 Å². The standard InChI is InChI=1S/C23H29NO6/c1-11-24-23(18(29)10-25)19(30-11)8-14-13-7-16(27)15-6-12(26)4-5-21(15,2)20(13)17(28)9-22(14,23)3/h4-6,13-14,16-17,19-20,25,27-28H,7-10H2,1-3H3/t13-,14?,16+,17?,19?,20?,21-,22-,23?/m0/s1. The third-order valence-corrected chi connectivity index (χ3v) is 8.92. The van der Waals surface area contributed by atoms with Gasteiger partial charge < -0.3 is 20.1 Å². The summed E-state index contributed by atoms with van der Waals surface area (Å²) in [6.07, 6.45) is 4.23. The van der Waals surface area contributed by atoms with E-state index < -0.39 is 41.3 Å². The van der Waals surface area contributed by atoms with E-state index in [4.69, 9.17) is 4.74 Å². The average Bonchev–Trinajstić information content (AvgIpc) is 3.13. The van der Waals surface area contributed by atoms with Gasteiger partial charge in [-0.3, -0.25) is 9.59 Å². The van der Waals surface area contributed by atoms with Crippen LogP contribution in [0.4, 0.5) is 0 Å². The summed E-state index contributed by atoms with van der Waals surface area (Å²) < 4.78 is 5.96. The zero-order valence-electron chi connectivity index (χ0n) is 17.5. The van der Waals surface area contributed by atoms with Crippen LogP contribution >= 0.6 is 0 Å². The van der Waals surface area contributed by atoms with Gasteiger partial charge in [0.05, 0.1) is 12.2 Å². The van der Waals surface area contributed by atoms with Gasteiger partial charge in [-0.1, -0.05) is 19.9 Å². The summed E-state index contributed by atoms with van der Waals surface area (Å²) in [4.78, 5) is 29.7. The Labute approximate surface area is 175 Å². The lowest BCUT2D eigenvalue weighted by atomic mass is 9.45. The number of carbonyl (C=O) groups excluding carboxylic acids is 2. The van der Waals surface area contributed by atoms with Crippen molar-refractivity contribution in [2.24, 2.45) is 33.6 Å². The molecule has 0 aromatic rings. The minimum atomic E-state index is -1.21. The number of fused-ring (bicyclic) bond motifs is 7. The highest BCUT2D eigenvalue weighted by atomic mass is 16.5. The lowest BCUT2D eigenvalue weighted by Crippen LogP contribution is -2.63. The number of rotatable bonds is 2. The molecule has 1 aliphatic heterocycles. The van der Waals surface area contributed by atoms with Crippen molar-refractivity contribution in [3.63, 3.8) is 0 Å². The molecule has 5 aliphatic rings. The van der Waals surface area contributed by atoms with Gasteiger partial charge in [-0.15, -0.1) is 0 Å². The number of carbonyl (C=O) groups is 2. The maximum Gasteiger partial charge on any atom is 0.190 e. The Hall–Kier alpha value is -1.83. The summed E-state index contributed by atoms with van der Waals surface area (Å²) in [5.41, 5.74) is -1.85. The number of hydrogen-bond acceptors (Lipinski definition) is 7. The van der Waals surface area contributed by atoms with E-state index in [0.29, 0.717) is 30.7 Å². The fourth-order valence-electron chi connectivity index (χ4n) is 7.86. The first-order valence-corrected chi connectivity index (χ1v) is 10.8. The van der Waals surface area contributed by atoms with Crippen molar-refractivity contribution in [2.75, 3.05) is 6.61 Å². The minimum Gasteiger partial charge on any atom is -0.475 e. The summed E-state index contributed by atoms with van der Waals surface area (Å²) in [6.45, 7) is 5.06. The normalized spacial score (nSPS) is 51.2. The van der Waals surface area contributed by atoms with Gasteiger partial charge in [0.15, 0.2) is 23.0 Å². The fourth-order valence-corrected chi connectivity index (χ4v) is 7.86. The molecule has 0 spiro atoms. The summed E-state index contributed by atoms with van der Waals surface area (Å²) in [6, 6.07) is 0. The number of aliphatic hydroxyl groups excluding tert-OH is 3. The van der Waals surface area contributed by atoms with Crippen LogP contribution in [-0.4, -0.2) is 63.2 Å². The first-order valence-electron chi connectivity index (χ1n) is 10.8. The van der Waals surface area contributed by atoms with Gasteiger partial charge in [0, 0.05) is 23.7 Å². The van der Waals surface area contributed by atoms with Crippen LogP contribution in [0.5, 0.6) is 0 Å². The van der Waals surface area contributed by atoms with Gasteiger partial charge in [-0.25, -0.2) is 4.99 Å². The Bertz CT molecular complexity index is 923. The molecule has 3 fully saturated rings. The lowest BCUT2D eigenvalue weighted by Gasteiger charge is -2.60. The molecule has 0 amide bonds. The number of ketones is 2. The van der Waals surface area contributed by atoms with E-state index in [0.717, 1.165) is 0 Å². The Kier molecular flexibility index (Phi) is 4.09. The SMILES string of the molecule is CC1=NC2(C(=O)CO)C(CC3[C@@H]4C[C@@H](O)C5=CC(=O)C=C[C@]5(C)C4C(O)C[C@@]32C)O1. The third-order valence-electron chi connectivity index (χ3n) is 8.92. The largest absolute Gasteiger partial charge is 0.475 e. The molecule has 0 radical (unpaired) electrons. The van der Waals surface area contributed by atoms with Gasteiger partial charge in [-0.2, -0.15) is 0 Å². The van der Waals surface area contributed by atoms with E-state index in [1.54, 1.807) is 6.92 Å². The number of nitrogens with zero attached hydrogens (tertiary/aromatic N) is 1. The van der Waals surface area contributed by atoms with E-state index in [1.165, 1.54) is 12.2 Å². The molecular weight excluding hydrogens is 386 g/mol. The fraction of sp³-hybridized carbons (Fsp3) is 0.696. The second-order valence-corrected chi connectivity index (χ2v) is 10.2. The van der Waals surface area contributed by atoms with Crippen LogP contribution in [0.2, 0.25) is 0 Å². The smallest absolute Gasteiger partial charge is 0.190 e. The predicted octanol–water partition coefficient (Wildman–Crippen LogP) is 0.963. The molecule has 4 aliphatic carbocycles. The summed E-state index contributed by atoms with van der Waals surface area (Å²) in [5.74, 6) is -0.334. The summed E-state index contributed by atoms with van der Waals surface area (Å²) in [5, 5.41) is 32.2. The zero-order chi connectivity index (χ0) is 21.6. The molecule has 162 valence electrons. The Morgan fingerprint density at radius 3 is 2.73 bits per heavy atom. The molecule has 30 heavy (non-hydrogen) atoms. The van der Waals surface area contributed by atoms with Gasteiger partial charge in [0.1, 0.15) is 12.7 Å². The third kappa shape index (κ3) is 2.18. The van der Waals surface area contributed by atoms with Gasteiger partial charge in [0.25, 0.3) is 0 Å². The number of ether oxygens (including phenoxy) is 1. The Morgan fingerprint density at radius 1 is 1.30 bits per heavy atom. The molecule has 5 rings (SSSR count). The van der Waals surface area contributed by atoms with Crippen LogP contribution in [0.25, 0.3) is 0 Å². The molecule has 1 heterocycles. The number of aliphatic imine (C=N–C) groups is 1. The Balaban J connectivity index is 1.63. The van der Waals surface area contributed by atoms with Gasteiger partial charge in [-0.05, 0) is 48.8 Å². The summed E-state index contributed by atoms with van der Waals surface area (Å²) in [7, 11) is 0. The van der Waals surface area contributed by atoms with Crippen molar-refractivity contribution in [3.8, 4) is 0 Å². The Morgan fingerprint density at radius 2 is 2.03 bits per heavy atom. The molecular formula is C23H29NO6. The van der Waals surface area contributed by atoms with E-state index in [1.807, 2.05) is 19.9 Å². The number of Topliss-reactive ketones (excluding diaryl/α,β-unsaturated/α-hetero) is 1. The van der Waals surface area contributed by atoms with Crippen LogP contribution < -0.4 is 0 Å². The van der Waals surface area contributed by atoms with E-state index in [9.17, 15) is 24.9 Å². The first kappa shape index (κ1) is 20.1. The molecule has 3 saturated carbocycles. The molecule has 0 bridgehead atoms. The monoisotopic (exact) mass is 415 g/mol. The molecule has 7 nitrogen and oxygen atoms in total. The van der Waals surface area contributed by atoms with Crippen LogP contribution in [0.3, 0.4) is 0 Å². The summed E-state index contributed by atoms with van der Waals surface area (Å²) >= 11 is 0. The van der Waals surface area contributed by atoms with Crippen molar-refractivity contribution >= 4 is 17.5 Å². The molecule has 0 aromatic heterocycles. The van der Waals surface area contributed by atoms with Gasteiger partial charge in [0.2, 0.25) is 0 Å². The molecule has 3 N–H and O–H groups in total.